The zero-order valence-corrected chi connectivity index (χ0v) is 63.5. The van der Waals surface area contributed by atoms with Crippen LogP contribution in [0.2, 0.25) is 0 Å². The van der Waals surface area contributed by atoms with Gasteiger partial charge in [0, 0.05) is 34.1 Å². The standard InChI is InChI=1S/C104H104N2/c1-7-11-13-15-17-19-24-79-36-69-100-97(89-53-65-95(66-54-89)105(91-57-45-85(46-58-91)81-37-28-75(5)29-38-81)93-61-49-87(50-62-93)83-41-32-77(22-9-3)33-42-83)70-71-101(103(100)72-79)98-26-21-27-99-102(73-80(74-104(98)99)25-20-18-16-14-12-8-2)90-55-67-96(68-56-90)106(92-59-47-86(48-60-92)82-39-30-76(6)31-40-82)94-63-51-88(52-64-94)84-43-34-78(23-10-4)35-44-84/h21,26-74H,7-20,22-25H2,1-6H3. The Morgan fingerprint density at radius 1 is 0.189 bits per heavy atom. The third kappa shape index (κ3) is 17.1. The Balaban J connectivity index is 0.840. The van der Waals surface area contributed by atoms with Gasteiger partial charge < -0.3 is 9.80 Å². The molecule has 106 heavy (non-hydrogen) atoms. The van der Waals surface area contributed by atoms with Crippen LogP contribution in [0.3, 0.4) is 0 Å². The normalized spacial score (nSPS) is 11.4. The Kier molecular flexibility index (Phi) is 23.7. The number of benzene rings is 14. The minimum Gasteiger partial charge on any atom is -0.311 e. The summed E-state index contributed by atoms with van der Waals surface area (Å²) in [4.78, 5) is 4.83. The van der Waals surface area contributed by atoms with Crippen molar-refractivity contribution >= 4 is 55.7 Å². The van der Waals surface area contributed by atoms with E-state index in [1.54, 1.807) is 0 Å². The molecular weight excluding hydrogens is 1280 g/mol. The van der Waals surface area contributed by atoms with E-state index < -0.39 is 0 Å². The molecule has 0 bridgehead atoms. The Morgan fingerprint density at radius 3 is 0.868 bits per heavy atom. The van der Waals surface area contributed by atoms with Crippen molar-refractivity contribution in [3.8, 4) is 77.9 Å². The SMILES string of the molecule is CCCCCCCCc1ccc2c(-c3ccc(N(c4ccc(-c5ccc(C)cc5)cc4)c4ccc(-c5ccc(CCC)cc5)cc4)cc3)ccc(-c3cccc4c(-c5ccc(N(c6ccc(-c7ccc(C)cc7)cc6)c6ccc(-c7ccc(CCC)cc7)cc6)cc5)cc(CCCCCCCC)cc34)c2c1. The summed E-state index contributed by atoms with van der Waals surface area (Å²) in [7, 11) is 0. The van der Waals surface area contributed by atoms with Gasteiger partial charge in [-0.25, -0.2) is 0 Å². The lowest BCUT2D eigenvalue weighted by Gasteiger charge is -2.26. The van der Waals surface area contributed by atoms with Crippen LogP contribution in [0.15, 0.2) is 303 Å². The van der Waals surface area contributed by atoms with Gasteiger partial charge in [-0.3, -0.25) is 0 Å². The van der Waals surface area contributed by atoms with Gasteiger partial charge in [0.15, 0.2) is 0 Å². The van der Waals surface area contributed by atoms with Crippen molar-refractivity contribution in [2.75, 3.05) is 9.80 Å². The summed E-state index contributed by atoms with van der Waals surface area (Å²) < 4.78 is 0. The molecule has 0 N–H and O–H groups in total. The van der Waals surface area contributed by atoms with E-state index in [1.807, 2.05) is 0 Å². The van der Waals surface area contributed by atoms with Crippen LogP contribution < -0.4 is 9.80 Å². The number of anilines is 6. The molecule has 0 amide bonds. The molecule has 2 heteroatoms. The molecule has 0 radical (unpaired) electrons. The van der Waals surface area contributed by atoms with Crippen LogP contribution in [0.5, 0.6) is 0 Å². The molecule has 14 aromatic rings. The average molecular weight is 1380 g/mol. The van der Waals surface area contributed by atoms with Crippen molar-refractivity contribution in [2.24, 2.45) is 0 Å². The van der Waals surface area contributed by atoms with Crippen LogP contribution in [0.1, 0.15) is 151 Å². The Bertz CT molecular complexity index is 5130. The van der Waals surface area contributed by atoms with Gasteiger partial charge in [-0.15, -0.1) is 0 Å². The molecule has 0 atom stereocenters. The smallest absolute Gasteiger partial charge is 0.0462 e. The quantitative estimate of drug-likeness (QED) is 0.0400. The zero-order chi connectivity index (χ0) is 72.6. The first-order valence-electron chi connectivity index (χ1n) is 39.8. The summed E-state index contributed by atoms with van der Waals surface area (Å²) in [5.41, 5.74) is 32.1. The number of fused-ring (bicyclic) bond motifs is 2. The lowest BCUT2D eigenvalue weighted by Crippen LogP contribution is -2.09. The fraction of sp³-hybridized carbons (Fsp3) is 0.231. The predicted octanol–water partition coefficient (Wildman–Crippen LogP) is 30.9. The maximum atomic E-state index is 2.55. The first-order valence-corrected chi connectivity index (χ1v) is 39.8. The van der Waals surface area contributed by atoms with Crippen molar-refractivity contribution in [2.45, 2.75) is 157 Å². The summed E-state index contributed by atoms with van der Waals surface area (Å²) in [6.45, 7) is 13.4. The minimum absolute atomic E-state index is 1.04. The Hall–Kier alpha value is -10.8. The number of hydrogen-bond acceptors (Lipinski definition) is 2. The Morgan fingerprint density at radius 2 is 0.481 bits per heavy atom. The zero-order valence-electron chi connectivity index (χ0n) is 63.5. The molecule has 0 spiro atoms. The molecule has 0 aromatic heterocycles. The van der Waals surface area contributed by atoms with Gasteiger partial charge in [0.1, 0.15) is 0 Å². The highest BCUT2D eigenvalue weighted by atomic mass is 15.1. The predicted molar refractivity (Wildman–Crippen MR) is 460 cm³/mol. The summed E-state index contributed by atoms with van der Waals surface area (Å²) in [6.07, 6.45) is 21.8. The fourth-order valence-electron chi connectivity index (χ4n) is 15.8. The number of rotatable bonds is 31. The van der Waals surface area contributed by atoms with Crippen molar-refractivity contribution in [3.05, 3.63) is 337 Å². The molecule has 0 unspecified atom stereocenters. The van der Waals surface area contributed by atoms with Gasteiger partial charge in [-0.2, -0.15) is 0 Å². The van der Waals surface area contributed by atoms with Crippen molar-refractivity contribution < 1.29 is 0 Å². The van der Waals surface area contributed by atoms with E-state index in [-0.39, 0.29) is 0 Å². The Labute approximate surface area is 633 Å². The molecule has 0 aliphatic carbocycles. The highest BCUT2D eigenvalue weighted by molar-refractivity contribution is 6.12. The van der Waals surface area contributed by atoms with Crippen molar-refractivity contribution in [3.63, 3.8) is 0 Å². The molecule has 0 aliphatic heterocycles. The summed E-state index contributed by atoms with van der Waals surface area (Å²) in [5.74, 6) is 0. The highest BCUT2D eigenvalue weighted by Crippen LogP contribution is 2.45. The van der Waals surface area contributed by atoms with Crippen LogP contribution in [-0.4, -0.2) is 0 Å². The van der Waals surface area contributed by atoms with E-state index in [9.17, 15) is 0 Å². The third-order valence-electron chi connectivity index (χ3n) is 21.9. The number of hydrogen-bond donors (Lipinski definition) is 0. The van der Waals surface area contributed by atoms with Crippen molar-refractivity contribution in [1.29, 1.82) is 0 Å². The van der Waals surface area contributed by atoms with E-state index in [0.717, 1.165) is 72.6 Å². The molecule has 14 rings (SSSR count). The molecule has 2 nitrogen and oxygen atoms in total. The molecular formula is C104H104N2. The summed E-state index contributed by atoms with van der Waals surface area (Å²) in [6, 6.07) is 116. The van der Waals surface area contributed by atoms with Crippen LogP contribution in [-0.2, 0) is 25.7 Å². The van der Waals surface area contributed by atoms with E-state index >= 15 is 0 Å². The van der Waals surface area contributed by atoms with Crippen LogP contribution in [0.25, 0.3) is 99.4 Å². The lowest BCUT2D eigenvalue weighted by molar-refractivity contribution is 0.607. The maximum absolute atomic E-state index is 2.55. The minimum atomic E-state index is 1.04. The van der Waals surface area contributed by atoms with Crippen LogP contribution >= 0.6 is 0 Å². The number of aryl methyl sites for hydroxylation is 6. The van der Waals surface area contributed by atoms with Crippen LogP contribution in [0.4, 0.5) is 34.1 Å². The van der Waals surface area contributed by atoms with Crippen molar-refractivity contribution in [1.82, 2.24) is 0 Å². The van der Waals surface area contributed by atoms with Gasteiger partial charge >= 0.3 is 0 Å². The second-order valence-electron chi connectivity index (χ2n) is 29.7. The molecule has 14 aromatic carbocycles. The summed E-state index contributed by atoms with van der Waals surface area (Å²) >= 11 is 0. The van der Waals surface area contributed by atoms with Gasteiger partial charge in [0.2, 0.25) is 0 Å². The van der Waals surface area contributed by atoms with E-state index in [4.69, 9.17) is 0 Å². The lowest BCUT2D eigenvalue weighted by atomic mass is 9.86. The second kappa shape index (κ2) is 34.9. The molecule has 530 valence electrons. The van der Waals surface area contributed by atoms with E-state index in [2.05, 4.69) is 355 Å². The van der Waals surface area contributed by atoms with E-state index in [1.165, 1.54) is 210 Å². The monoisotopic (exact) mass is 1380 g/mol. The molecule has 0 aliphatic rings. The average Bonchev–Trinajstić information content (AvgIpc) is 0.750. The summed E-state index contributed by atoms with van der Waals surface area (Å²) in [5, 5.41) is 5.18. The first kappa shape index (κ1) is 72.2. The highest BCUT2D eigenvalue weighted by Gasteiger charge is 2.21. The largest absolute Gasteiger partial charge is 0.311 e. The van der Waals surface area contributed by atoms with Gasteiger partial charge in [-0.05, 0) is 247 Å². The van der Waals surface area contributed by atoms with Gasteiger partial charge in [0.25, 0.3) is 0 Å². The number of nitrogens with zero attached hydrogens (tertiary/aromatic N) is 2. The molecule has 0 saturated heterocycles. The first-order chi connectivity index (χ1) is 52.2. The second-order valence-corrected chi connectivity index (χ2v) is 29.7. The third-order valence-corrected chi connectivity index (χ3v) is 21.9. The van der Waals surface area contributed by atoms with E-state index in [0.29, 0.717) is 0 Å². The van der Waals surface area contributed by atoms with Gasteiger partial charge in [0.05, 0.1) is 0 Å². The number of unbranched alkanes of at least 4 members (excludes halogenated alkanes) is 10. The van der Waals surface area contributed by atoms with Crippen LogP contribution in [0, 0.1) is 13.8 Å². The molecule has 0 saturated carbocycles. The molecule has 0 heterocycles. The van der Waals surface area contributed by atoms with Gasteiger partial charge in [-0.1, -0.05) is 346 Å². The maximum Gasteiger partial charge on any atom is 0.0462 e. The topological polar surface area (TPSA) is 6.48 Å². The molecule has 0 fully saturated rings. The fourth-order valence-corrected chi connectivity index (χ4v) is 15.8.